The lowest BCUT2D eigenvalue weighted by atomic mass is 10.1. The van der Waals surface area contributed by atoms with Crippen molar-refractivity contribution in [2.45, 2.75) is 0 Å². The molecule has 1 N–H and O–H groups in total. The largest absolute Gasteiger partial charge is 0.329 e. The minimum Gasteiger partial charge on any atom is -0.329 e. The number of nitrogens with one attached hydrogen (secondary N) is 1. The number of pyridine rings is 1. The van der Waals surface area contributed by atoms with E-state index >= 15 is 0 Å². The molecule has 0 spiro atoms. The maximum atomic E-state index is 13.3. The minimum absolute atomic E-state index is 0.177. The van der Waals surface area contributed by atoms with Crippen LogP contribution < -0.4 is 5.56 Å². The molecule has 0 amide bonds. The Kier molecular flexibility index (Phi) is 2.33. The van der Waals surface area contributed by atoms with Crippen molar-refractivity contribution in [2.24, 2.45) is 0 Å². The maximum absolute atomic E-state index is 13.3. The first-order valence-corrected chi connectivity index (χ1v) is 4.31. The van der Waals surface area contributed by atoms with Crippen LogP contribution in [-0.4, -0.2) is 4.98 Å². The monoisotopic (exact) mass is 207 g/mol. The van der Waals surface area contributed by atoms with E-state index in [0.717, 1.165) is 18.2 Å². The lowest BCUT2D eigenvalue weighted by Crippen LogP contribution is -2.03. The summed E-state index contributed by atoms with van der Waals surface area (Å²) in [6, 6.07) is 6.19. The number of hydrogen-bond donors (Lipinski definition) is 1. The van der Waals surface area contributed by atoms with Gasteiger partial charge in [-0.05, 0) is 23.8 Å². The van der Waals surface area contributed by atoms with Gasteiger partial charge in [0.2, 0.25) is 5.56 Å². The van der Waals surface area contributed by atoms with Crippen molar-refractivity contribution >= 4 is 0 Å². The van der Waals surface area contributed by atoms with Crippen molar-refractivity contribution < 1.29 is 8.78 Å². The van der Waals surface area contributed by atoms with Crippen LogP contribution in [0.3, 0.4) is 0 Å². The predicted molar refractivity (Wildman–Crippen MR) is 52.4 cm³/mol. The molecule has 0 saturated heterocycles. The van der Waals surface area contributed by atoms with Crippen molar-refractivity contribution in [3.8, 4) is 11.1 Å². The van der Waals surface area contributed by atoms with Gasteiger partial charge in [-0.15, -0.1) is 0 Å². The molecule has 4 heteroatoms. The smallest absolute Gasteiger partial charge is 0.248 e. The highest BCUT2D eigenvalue weighted by Gasteiger charge is 2.10. The summed E-state index contributed by atoms with van der Waals surface area (Å²) in [4.78, 5) is 13.4. The lowest BCUT2D eigenvalue weighted by molar-refractivity contribution is 0.589. The third-order valence-corrected chi connectivity index (χ3v) is 2.03. The first kappa shape index (κ1) is 9.58. The highest BCUT2D eigenvalue weighted by Crippen LogP contribution is 2.23. The molecule has 1 aromatic heterocycles. The molecule has 0 bridgehead atoms. The summed E-state index contributed by atoms with van der Waals surface area (Å²) in [6.07, 6.45) is 1.35. The Morgan fingerprint density at radius 1 is 1.07 bits per heavy atom. The first-order chi connectivity index (χ1) is 7.18. The summed E-state index contributed by atoms with van der Waals surface area (Å²) in [6.45, 7) is 0. The van der Waals surface area contributed by atoms with Gasteiger partial charge >= 0.3 is 0 Å². The molecule has 1 heterocycles. The van der Waals surface area contributed by atoms with Crippen LogP contribution in [0.2, 0.25) is 0 Å². The van der Waals surface area contributed by atoms with Gasteiger partial charge < -0.3 is 4.98 Å². The van der Waals surface area contributed by atoms with Crippen molar-refractivity contribution in [1.29, 1.82) is 0 Å². The molecule has 2 nitrogen and oxygen atoms in total. The summed E-state index contributed by atoms with van der Waals surface area (Å²) in [7, 11) is 0. The lowest BCUT2D eigenvalue weighted by Gasteiger charge is -2.03. The Hall–Kier alpha value is -1.97. The van der Waals surface area contributed by atoms with Gasteiger partial charge in [0.15, 0.2) is 0 Å². The third-order valence-electron chi connectivity index (χ3n) is 2.03. The van der Waals surface area contributed by atoms with Gasteiger partial charge in [-0.1, -0.05) is 6.07 Å². The van der Waals surface area contributed by atoms with E-state index in [4.69, 9.17) is 0 Å². The number of benzene rings is 1. The zero-order valence-electron chi connectivity index (χ0n) is 7.63. The number of hydrogen-bond acceptors (Lipinski definition) is 1. The minimum atomic E-state index is -0.680. The molecule has 2 rings (SSSR count). The maximum Gasteiger partial charge on any atom is 0.248 e. The Balaban J connectivity index is 2.69. The van der Waals surface area contributed by atoms with Gasteiger partial charge in [0, 0.05) is 12.3 Å². The molecule has 0 radical (unpaired) electrons. The summed E-state index contributed by atoms with van der Waals surface area (Å²) < 4.78 is 26.6. The zero-order chi connectivity index (χ0) is 10.8. The highest BCUT2D eigenvalue weighted by molar-refractivity contribution is 5.63. The average Bonchev–Trinajstić information content (AvgIpc) is 2.17. The van der Waals surface area contributed by atoms with Gasteiger partial charge in [0.25, 0.3) is 0 Å². The summed E-state index contributed by atoms with van der Waals surface area (Å²) in [5.74, 6) is -1.36. The van der Waals surface area contributed by atoms with Gasteiger partial charge in [-0.2, -0.15) is 0 Å². The van der Waals surface area contributed by atoms with E-state index in [0.29, 0.717) is 0 Å². The van der Waals surface area contributed by atoms with E-state index < -0.39 is 17.2 Å². The number of halogens is 2. The predicted octanol–water partition coefficient (Wildman–Crippen LogP) is 2.32. The van der Waals surface area contributed by atoms with Crippen molar-refractivity contribution in [1.82, 2.24) is 4.98 Å². The van der Waals surface area contributed by atoms with E-state index in [1.165, 1.54) is 18.3 Å². The van der Waals surface area contributed by atoms with Crippen LogP contribution in [0, 0.1) is 11.6 Å². The Morgan fingerprint density at radius 3 is 2.33 bits per heavy atom. The normalized spacial score (nSPS) is 10.3. The van der Waals surface area contributed by atoms with Crippen LogP contribution >= 0.6 is 0 Å². The van der Waals surface area contributed by atoms with E-state index in [9.17, 15) is 13.6 Å². The molecule has 0 saturated carbocycles. The Labute approximate surface area is 84.2 Å². The first-order valence-electron chi connectivity index (χ1n) is 4.31. The molecule has 2 aromatic rings. The second-order valence-corrected chi connectivity index (χ2v) is 3.04. The van der Waals surface area contributed by atoms with Crippen LogP contribution in [-0.2, 0) is 0 Å². The molecular weight excluding hydrogens is 200 g/mol. The van der Waals surface area contributed by atoms with Gasteiger partial charge in [-0.25, -0.2) is 8.78 Å². The Bertz CT molecular complexity index is 528. The van der Waals surface area contributed by atoms with E-state index in [2.05, 4.69) is 4.98 Å². The molecule has 0 aliphatic rings. The Morgan fingerprint density at radius 2 is 1.73 bits per heavy atom. The van der Waals surface area contributed by atoms with E-state index in [-0.39, 0.29) is 11.1 Å². The summed E-state index contributed by atoms with van der Waals surface area (Å²) >= 11 is 0. The molecule has 15 heavy (non-hydrogen) atoms. The van der Waals surface area contributed by atoms with Gasteiger partial charge in [-0.3, -0.25) is 4.79 Å². The molecule has 0 aliphatic carbocycles. The summed E-state index contributed by atoms with van der Waals surface area (Å²) in [5.41, 5.74) is -0.340. The SMILES string of the molecule is O=c1cc(-c2c(F)cccc2F)cc[nH]1. The standard InChI is InChI=1S/C11H7F2NO/c12-8-2-1-3-9(13)11(8)7-4-5-14-10(15)6-7/h1-6H,(H,14,15). The topological polar surface area (TPSA) is 32.9 Å². The number of aromatic nitrogens is 1. The van der Waals surface area contributed by atoms with Gasteiger partial charge in [0.05, 0.1) is 5.56 Å². The zero-order valence-corrected chi connectivity index (χ0v) is 7.63. The number of rotatable bonds is 1. The van der Waals surface area contributed by atoms with Crippen LogP contribution in [0.15, 0.2) is 41.3 Å². The van der Waals surface area contributed by atoms with Crippen LogP contribution in [0.5, 0.6) is 0 Å². The van der Waals surface area contributed by atoms with Crippen molar-refractivity contribution in [3.63, 3.8) is 0 Å². The van der Waals surface area contributed by atoms with E-state index in [1.807, 2.05) is 0 Å². The van der Waals surface area contributed by atoms with E-state index in [1.54, 1.807) is 0 Å². The second-order valence-electron chi connectivity index (χ2n) is 3.04. The summed E-state index contributed by atoms with van der Waals surface area (Å²) in [5, 5.41) is 0. The molecular formula is C11H7F2NO. The quantitative estimate of drug-likeness (QED) is 0.764. The average molecular weight is 207 g/mol. The molecule has 76 valence electrons. The van der Waals surface area contributed by atoms with Crippen LogP contribution in [0.25, 0.3) is 11.1 Å². The van der Waals surface area contributed by atoms with Crippen molar-refractivity contribution in [3.05, 3.63) is 58.5 Å². The fourth-order valence-corrected chi connectivity index (χ4v) is 1.37. The van der Waals surface area contributed by atoms with Gasteiger partial charge in [0.1, 0.15) is 11.6 Å². The van der Waals surface area contributed by atoms with Crippen LogP contribution in [0.4, 0.5) is 8.78 Å². The highest BCUT2D eigenvalue weighted by atomic mass is 19.1. The molecule has 0 unspecified atom stereocenters. The fraction of sp³-hybridized carbons (Fsp3) is 0. The number of aromatic amines is 1. The molecule has 0 aliphatic heterocycles. The van der Waals surface area contributed by atoms with Crippen molar-refractivity contribution in [2.75, 3.05) is 0 Å². The molecule has 0 fully saturated rings. The molecule has 1 aromatic carbocycles. The third kappa shape index (κ3) is 1.79. The molecule has 0 atom stereocenters. The fourth-order valence-electron chi connectivity index (χ4n) is 1.37. The number of H-pyrrole nitrogens is 1. The van der Waals surface area contributed by atoms with Crippen LogP contribution in [0.1, 0.15) is 0 Å². The second kappa shape index (κ2) is 3.65.